The average molecular weight is 492 g/mol. The highest BCUT2D eigenvalue weighted by Crippen LogP contribution is 2.21. The number of methoxy groups -OCH3 is 1. The van der Waals surface area contributed by atoms with Crippen LogP contribution >= 0.6 is 24.0 Å². The lowest BCUT2D eigenvalue weighted by molar-refractivity contribution is 0.172. The molecule has 0 bridgehead atoms. The molecular weight excluding hydrogens is 455 g/mol. The average Bonchev–Trinajstić information content (AvgIpc) is 2.61. The fraction of sp³-hybridized carbons (Fsp3) is 0.650. The van der Waals surface area contributed by atoms with Gasteiger partial charge in [-0.2, -0.15) is 0 Å². The Bertz CT molecular complexity index is 539. The number of nitrogens with zero attached hydrogens (tertiary/aromatic N) is 2. The van der Waals surface area contributed by atoms with Gasteiger partial charge in [0, 0.05) is 38.8 Å². The van der Waals surface area contributed by atoms with Gasteiger partial charge >= 0.3 is 0 Å². The third-order valence-electron chi connectivity index (χ3n) is 3.80. The van der Waals surface area contributed by atoms with E-state index in [1.807, 2.05) is 0 Å². The Hall–Kier alpha value is -1.06. The molecule has 1 aromatic carbocycles. The lowest BCUT2D eigenvalue weighted by atomic mass is 10.1. The van der Waals surface area contributed by atoms with E-state index in [9.17, 15) is 0 Å². The van der Waals surface area contributed by atoms with Gasteiger partial charge in [0.15, 0.2) is 5.96 Å². The van der Waals surface area contributed by atoms with Gasteiger partial charge in [-0.25, -0.2) is 4.99 Å². The van der Waals surface area contributed by atoms with E-state index in [4.69, 9.17) is 14.5 Å². The fourth-order valence-electron chi connectivity index (χ4n) is 2.42. The minimum Gasteiger partial charge on any atom is -0.493 e. The third kappa shape index (κ3) is 12.1. The summed E-state index contributed by atoms with van der Waals surface area (Å²) in [6, 6.07) is 6.28. The monoisotopic (exact) mass is 492 g/mol. The first kappa shape index (κ1) is 25.9. The Balaban J connectivity index is 0.00000676. The summed E-state index contributed by atoms with van der Waals surface area (Å²) in [5.41, 5.74) is 2.28. The molecule has 0 amide bonds. The molecule has 1 aromatic rings. The molecule has 0 spiro atoms. The van der Waals surface area contributed by atoms with Crippen molar-refractivity contribution in [2.75, 3.05) is 54.1 Å². The van der Waals surface area contributed by atoms with Crippen LogP contribution in [0.5, 0.6) is 5.75 Å². The minimum absolute atomic E-state index is 0. The summed E-state index contributed by atoms with van der Waals surface area (Å²) in [6.45, 7) is 8.90. The topological polar surface area (TPSA) is 58.1 Å². The molecule has 27 heavy (non-hydrogen) atoms. The quantitative estimate of drug-likeness (QED) is 0.203. The number of ether oxygens (including phenoxy) is 2. The van der Waals surface area contributed by atoms with Crippen molar-refractivity contribution in [3.05, 3.63) is 29.3 Å². The van der Waals surface area contributed by atoms with Gasteiger partial charge in [0.2, 0.25) is 0 Å². The summed E-state index contributed by atoms with van der Waals surface area (Å²) in [5.74, 6) is 1.76. The van der Waals surface area contributed by atoms with Crippen LogP contribution in [-0.2, 0) is 11.3 Å². The predicted octanol–water partition coefficient (Wildman–Crippen LogP) is 3.04. The molecule has 0 aliphatic carbocycles. The molecule has 0 radical (unpaired) electrons. The molecule has 0 heterocycles. The second-order valence-electron chi connectivity index (χ2n) is 6.58. The van der Waals surface area contributed by atoms with Crippen molar-refractivity contribution in [2.24, 2.45) is 4.99 Å². The lowest BCUT2D eigenvalue weighted by Crippen LogP contribution is -2.38. The maximum absolute atomic E-state index is 5.94. The van der Waals surface area contributed by atoms with Crippen LogP contribution in [0.1, 0.15) is 30.9 Å². The molecule has 0 aromatic heterocycles. The van der Waals surface area contributed by atoms with Gasteiger partial charge in [-0.1, -0.05) is 12.1 Å². The van der Waals surface area contributed by atoms with Crippen LogP contribution < -0.4 is 15.4 Å². The van der Waals surface area contributed by atoms with Crippen LogP contribution in [0.15, 0.2) is 23.2 Å². The molecule has 156 valence electrons. The van der Waals surface area contributed by atoms with Crippen molar-refractivity contribution in [3.8, 4) is 5.75 Å². The lowest BCUT2D eigenvalue weighted by Gasteiger charge is -2.14. The maximum atomic E-state index is 5.94. The Labute approximate surface area is 182 Å². The summed E-state index contributed by atoms with van der Waals surface area (Å²) in [4.78, 5) is 6.90. The van der Waals surface area contributed by atoms with Gasteiger partial charge in [0.05, 0.1) is 13.2 Å². The Morgan fingerprint density at radius 1 is 1.15 bits per heavy atom. The Morgan fingerprint density at radius 3 is 2.59 bits per heavy atom. The molecular formula is C20H37IN4O2. The number of hydrogen-bond acceptors (Lipinski definition) is 4. The first-order chi connectivity index (χ1) is 12.6. The van der Waals surface area contributed by atoms with Crippen molar-refractivity contribution >= 4 is 29.9 Å². The summed E-state index contributed by atoms with van der Waals surface area (Å²) in [5, 5.41) is 6.69. The zero-order chi connectivity index (χ0) is 19.2. The van der Waals surface area contributed by atoms with E-state index in [-0.39, 0.29) is 24.0 Å². The molecule has 0 aliphatic heterocycles. The van der Waals surface area contributed by atoms with E-state index in [1.54, 1.807) is 7.11 Å². The van der Waals surface area contributed by atoms with E-state index in [0.717, 1.165) is 49.7 Å². The number of rotatable bonds is 12. The van der Waals surface area contributed by atoms with E-state index < -0.39 is 0 Å². The van der Waals surface area contributed by atoms with E-state index in [2.05, 4.69) is 61.7 Å². The Kier molecular flexibility index (Phi) is 15.3. The van der Waals surface area contributed by atoms with Gasteiger partial charge in [-0.3, -0.25) is 0 Å². The zero-order valence-electron chi connectivity index (χ0n) is 17.5. The maximum Gasteiger partial charge on any atom is 0.191 e. The minimum atomic E-state index is 0. The fourth-order valence-corrected chi connectivity index (χ4v) is 2.42. The predicted molar refractivity (Wildman–Crippen MR) is 125 cm³/mol. The molecule has 0 aliphatic rings. The van der Waals surface area contributed by atoms with Crippen molar-refractivity contribution in [1.29, 1.82) is 0 Å². The largest absolute Gasteiger partial charge is 0.493 e. The van der Waals surface area contributed by atoms with E-state index in [1.165, 1.54) is 5.56 Å². The van der Waals surface area contributed by atoms with Crippen LogP contribution in [0, 0.1) is 6.92 Å². The second kappa shape index (κ2) is 15.9. The van der Waals surface area contributed by atoms with Crippen LogP contribution in [-0.4, -0.2) is 64.9 Å². The molecule has 0 saturated carbocycles. The van der Waals surface area contributed by atoms with Crippen LogP contribution in [0.3, 0.4) is 0 Å². The van der Waals surface area contributed by atoms with Crippen LogP contribution in [0.4, 0.5) is 0 Å². The van der Waals surface area contributed by atoms with Crippen molar-refractivity contribution in [1.82, 2.24) is 15.5 Å². The Morgan fingerprint density at radius 2 is 1.93 bits per heavy atom. The normalized spacial score (nSPS) is 11.3. The SMILES string of the molecule is CCNC(=NCc1ccc(C)cc1OCCCOC)NCCCN(C)C.I. The number of halogens is 1. The van der Waals surface area contributed by atoms with E-state index >= 15 is 0 Å². The van der Waals surface area contributed by atoms with Crippen molar-refractivity contribution in [2.45, 2.75) is 33.2 Å². The zero-order valence-corrected chi connectivity index (χ0v) is 19.8. The number of guanidine groups is 1. The summed E-state index contributed by atoms with van der Waals surface area (Å²) < 4.78 is 11.0. The number of hydrogen-bond donors (Lipinski definition) is 2. The molecule has 2 N–H and O–H groups in total. The molecule has 0 unspecified atom stereocenters. The first-order valence-electron chi connectivity index (χ1n) is 9.45. The van der Waals surface area contributed by atoms with Crippen molar-refractivity contribution < 1.29 is 9.47 Å². The van der Waals surface area contributed by atoms with Gasteiger partial charge < -0.3 is 25.0 Å². The van der Waals surface area contributed by atoms with Crippen LogP contribution in [0.2, 0.25) is 0 Å². The number of benzene rings is 1. The number of aliphatic imine (C=N–C) groups is 1. The highest BCUT2D eigenvalue weighted by atomic mass is 127. The highest BCUT2D eigenvalue weighted by molar-refractivity contribution is 14.0. The summed E-state index contributed by atoms with van der Waals surface area (Å²) >= 11 is 0. The van der Waals surface area contributed by atoms with Gasteiger partial charge in [0.1, 0.15) is 5.75 Å². The molecule has 0 saturated heterocycles. The second-order valence-corrected chi connectivity index (χ2v) is 6.58. The first-order valence-corrected chi connectivity index (χ1v) is 9.45. The summed E-state index contributed by atoms with van der Waals surface area (Å²) in [7, 11) is 5.89. The molecule has 6 nitrogen and oxygen atoms in total. The van der Waals surface area contributed by atoms with Gasteiger partial charge in [-0.15, -0.1) is 24.0 Å². The van der Waals surface area contributed by atoms with Gasteiger partial charge in [-0.05, 0) is 52.5 Å². The number of nitrogens with one attached hydrogen (secondary N) is 2. The molecule has 7 heteroatoms. The van der Waals surface area contributed by atoms with Gasteiger partial charge in [0.25, 0.3) is 0 Å². The standard InChI is InChI=1S/C20H36N4O2.HI/c1-6-21-20(22-11-7-12-24(3)4)23-16-18-10-9-17(2)15-19(18)26-14-8-13-25-5;/h9-10,15H,6-8,11-14,16H2,1-5H3,(H2,21,22,23);1H. The highest BCUT2D eigenvalue weighted by Gasteiger charge is 2.05. The summed E-state index contributed by atoms with van der Waals surface area (Å²) in [6.07, 6.45) is 1.96. The molecule has 1 rings (SSSR count). The smallest absolute Gasteiger partial charge is 0.191 e. The van der Waals surface area contributed by atoms with E-state index in [0.29, 0.717) is 19.8 Å². The molecule has 0 atom stereocenters. The molecule has 0 fully saturated rings. The van der Waals surface area contributed by atoms with Crippen molar-refractivity contribution in [3.63, 3.8) is 0 Å². The number of aryl methyl sites for hydroxylation is 1. The van der Waals surface area contributed by atoms with Crippen LogP contribution in [0.25, 0.3) is 0 Å². The third-order valence-corrected chi connectivity index (χ3v) is 3.80.